The molecule has 0 aromatic heterocycles. The third-order valence-electron chi connectivity index (χ3n) is 4.44. The van der Waals surface area contributed by atoms with Crippen LogP contribution in [0, 0.1) is 5.92 Å². The fourth-order valence-electron chi connectivity index (χ4n) is 3.15. The van der Waals surface area contributed by atoms with Crippen molar-refractivity contribution in [2.45, 2.75) is 25.3 Å². The van der Waals surface area contributed by atoms with Gasteiger partial charge in [0.25, 0.3) is 0 Å². The van der Waals surface area contributed by atoms with E-state index < -0.39 is 10.0 Å². The van der Waals surface area contributed by atoms with E-state index in [1.807, 2.05) is 18.2 Å². The van der Waals surface area contributed by atoms with E-state index in [0.29, 0.717) is 43.7 Å². The molecule has 1 aromatic rings. The highest BCUT2D eigenvalue weighted by atomic mass is 32.2. The van der Waals surface area contributed by atoms with Gasteiger partial charge in [-0.2, -0.15) is 4.31 Å². The highest BCUT2D eigenvalue weighted by Crippen LogP contribution is 2.22. The number of sulfonamides is 1. The molecule has 0 spiro atoms. The predicted molar refractivity (Wildman–Crippen MR) is 105 cm³/mol. The maximum absolute atomic E-state index is 13.1. The second kappa shape index (κ2) is 9.80. The fourth-order valence-corrected chi connectivity index (χ4v) is 4.77. The Morgan fingerprint density at radius 3 is 2.38 bits per heavy atom. The first kappa shape index (κ1) is 21.3. The summed E-state index contributed by atoms with van der Waals surface area (Å²) in [5.41, 5.74) is 0.874. The molecule has 0 radical (unpaired) electrons. The Labute approximate surface area is 158 Å². The van der Waals surface area contributed by atoms with Gasteiger partial charge in [0.1, 0.15) is 0 Å². The number of benzene rings is 1. The van der Waals surface area contributed by atoms with Crippen LogP contribution >= 0.6 is 0 Å². The zero-order chi connectivity index (χ0) is 19.2. The van der Waals surface area contributed by atoms with E-state index in [9.17, 15) is 8.42 Å². The lowest BCUT2D eigenvalue weighted by Crippen LogP contribution is -2.41. The van der Waals surface area contributed by atoms with Crippen LogP contribution in [-0.4, -0.2) is 82.6 Å². The summed E-state index contributed by atoms with van der Waals surface area (Å²) in [7, 11) is 0.638. The molecular formula is C19H33N3O3S. The third-order valence-corrected chi connectivity index (χ3v) is 6.44. The molecule has 2 rings (SSSR count). The number of hydrogen-bond donors (Lipinski definition) is 0. The van der Waals surface area contributed by atoms with E-state index in [4.69, 9.17) is 4.74 Å². The van der Waals surface area contributed by atoms with E-state index in [1.54, 1.807) is 10.4 Å². The highest BCUT2D eigenvalue weighted by molar-refractivity contribution is 7.89. The molecule has 1 saturated heterocycles. The van der Waals surface area contributed by atoms with Crippen molar-refractivity contribution in [3.8, 4) is 0 Å². The molecule has 1 heterocycles. The van der Waals surface area contributed by atoms with Gasteiger partial charge in [0.2, 0.25) is 10.0 Å². The van der Waals surface area contributed by atoms with Crippen LogP contribution in [0.15, 0.2) is 29.2 Å². The van der Waals surface area contributed by atoms with Gasteiger partial charge in [0, 0.05) is 39.3 Å². The highest BCUT2D eigenvalue weighted by Gasteiger charge is 2.28. The van der Waals surface area contributed by atoms with Crippen LogP contribution in [0.5, 0.6) is 0 Å². The van der Waals surface area contributed by atoms with E-state index in [-0.39, 0.29) is 0 Å². The van der Waals surface area contributed by atoms with Crippen LogP contribution in [0.3, 0.4) is 0 Å². The number of ether oxygens (including phenoxy) is 1. The Balaban J connectivity index is 2.22. The van der Waals surface area contributed by atoms with Crippen molar-refractivity contribution in [3.63, 3.8) is 0 Å². The lowest BCUT2D eigenvalue weighted by molar-refractivity contribution is 0.0730. The van der Waals surface area contributed by atoms with Crippen LogP contribution in [0.2, 0.25) is 0 Å². The summed E-state index contributed by atoms with van der Waals surface area (Å²) in [4.78, 5) is 4.93. The quantitative estimate of drug-likeness (QED) is 0.650. The molecule has 6 nitrogen and oxygen atoms in total. The molecule has 1 aliphatic heterocycles. The van der Waals surface area contributed by atoms with Crippen LogP contribution in [0.25, 0.3) is 0 Å². The molecule has 1 aromatic carbocycles. The Hall–Kier alpha value is -0.990. The molecule has 1 fully saturated rings. The summed E-state index contributed by atoms with van der Waals surface area (Å²) in [6.07, 6.45) is 0. The van der Waals surface area contributed by atoms with E-state index in [1.165, 1.54) is 0 Å². The summed E-state index contributed by atoms with van der Waals surface area (Å²) < 4.78 is 33.1. The standard InChI is InChI=1S/C19H33N3O3S/c1-17(2)15-21(10-9-20(3)4)16-18-7-5-6-8-19(18)26(23,24)22-11-13-25-14-12-22/h5-8,17H,9-16H2,1-4H3. The topological polar surface area (TPSA) is 53.1 Å². The maximum Gasteiger partial charge on any atom is 0.243 e. The Kier molecular flexibility index (Phi) is 8.04. The summed E-state index contributed by atoms with van der Waals surface area (Å²) in [5.74, 6) is 0.528. The van der Waals surface area contributed by atoms with Crippen molar-refractivity contribution < 1.29 is 13.2 Å². The molecule has 0 unspecified atom stereocenters. The minimum atomic E-state index is -3.48. The van der Waals surface area contributed by atoms with E-state index >= 15 is 0 Å². The third kappa shape index (κ3) is 6.03. The van der Waals surface area contributed by atoms with Gasteiger partial charge in [-0.3, -0.25) is 4.90 Å². The number of likely N-dealkylation sites (N-methyl/N-ethyl adjacent to an activating group) is 1. The lowest BCUT2D eigenvalue weighted by atomic mass is 10.1. The molecule has 0 saturated carbocycles. The van der Waals surface area contributed by atoms with Gasteiger partial charge in [-0.05, 0) is 31.6 Å². The van der Waals surface area contributed by atoms with Crippen molar-refractivity contribution in [1.29, 1.82) is 0 Å². The average Bonchev–Trinajstić information content (AvgIpc) is 2.60. The summed E-state index contributed by atoms with van der Waals surface area (Å²) >= 11 is 0. The minimum absolute atomic E-state index is 0.424. The van der Waals surface area contributed by atoms with Crippen LogP contribution in [0.1, 0.15) is 19.4 Å². The molecule has 0 aliphatic carbocycles. The largest absolute Gasteiger partial charge is 0.379 e. The molecular weight excluding hydrogens is 350 g/mol. The van der Waals surface area contributed by atoms with Gasteiger partial charge >= 0.3 is 0 Å². The van der Waals surface area contributed by atoms with Gasteiger partial charge < -0.3 is 9.64 Å². The van der Waals surface area contributed by atoms with Crippen molar-refractivity contribution in [2.24, 2.45) is 5.92 Å². The SMILES string of the molecule is CC(C)CN(CCN(C)C)Cc1ccccc1S(=O)(=O)N1CCOCC1. The number of rotatable bonds is 9. The Morgan fingerprint density at radius 2 is 1.77 bits per heavy atom. The monoisotopic (exact) mass is 383 g/mol. The zero-order valence-electron chi connectivity index (χ0n) is 16.5. The lowest BCUT2D eigenvalue weighted by Gasteiger charge is -2.29. The fraction of sp³-hybridized carbons (Fsp3) is 0.684. The second-order valence-electron chi connectivity index (χ2n) is 7.56. The summed E-state index contributed by atoms with van der Waals surface area (Å²) in [6, 6.07) is 7.41. The second-order valence-corrected chi connectivity index (χ2v) is 9.46. The summed E-state index contributed by atoms with van der Waals surface area (Å²) in [6.45, 7) is 9.61. The molecule has 0 bridgehead atoms. The van der Waals surface area contributed by atoms with Crippen LogP contribution in [-0.2, 0) is 21.3 Å². The first-order chi connectivity index (χ1) is 12.3. The molecule has 26 heavy (non-hydrogen) atoms. The van der Waals surface area contributed by atoms with Gasteiger partial charge in [0.15, 0.2) is 0 Å². The van der Waals surface area contributed by atoms with Crippen LogP contribution in [0.4, 0.5) is 0 Å². The Morgan fingerprint density at radius 1 is 1.12 bits per heavy atom. The van der Waals surface area contributed by atoms with Gasteiger partial charge in [-0.25, -0.2) is 8.42 Å². The average molecular weight is 384 g/mol. The molecule has 0 amide bonds. The first-order valence-electron chi connectivity index (χ1n) is 9.33. The normalized spacial score (nSPS) is 16.7. The maximum atomic E-state index is 13.1. The van der Waals surface area contributed by atoms with Crippen molar-refractivity contribution in [2.75, 3.05) is 60.0 Å². The Bertz CT molecular complexity index is 656. The molecule has 148 valence electrons. The van der Waals surface area contributed by atoms with Gasteiger partial charge in [-0.1, -0.05) is 32.0 Å². The van der Waals surface area contributed by atoms with Crippen molar-refractivity contribution in [1.82, 2.24) is 14.1 Å². The van der Waals surface area contributed by atoms with Crippen LogP contribution < -0.4 is 0 Å². The molecule has 0 N–H and O–H groups in total. The van der Waals surface area contributed by atoms with Gasteiger partial charge in [0.05, 0.1) is 18.1 Å². The zero-order valence-corrected chi connectivity index (χ0v) is 17.3. The molecule has 1 aliphatic rings. The molecule has 7 heteroatoms. The van der Waals surface area contributed by atoms with E-state index in [0.717, 1.165) is 25.2 Å². The van der Waals surface area contributed by atoms with E-state index in [2.05, 4.69) is 37.7 Å². The predicted octanol–water partition coefficient (Wildman–Crippen LogP) is 1.73. The van der Waals surface area contributed by atoms with Crippen molar-refractivity contribution in [3.05, 3.63) is 29.8 Å². The molecule has 0 atom stereocenters. The van der Waals surface area contributed by atoms with Gasteiger partial charge in [-0.15, -0.1) is 0 Å². The number of nitrogens with zero attached hydrogens (tertiary/aromatic N) is 3. The number of morpholine rings is 1. The smallest absolute Gasteiger partial charge is 0.243 e. The number of hydrogen-bond acceptors (Lipinski definition) is 5. The van der Waals surface area contributed by atoms with Crippen molar-refractivity contribution >= 4 is 10.0 Å². The first-order valence-corrected chi connectivity index (χ1v) is 10.8. The minimum Gasteiger partial charge on any atom is -0.379 e. The summed E-state index contributed by atoms with van der Waals surface area (Å²) in [5, 5.41) is 0.